The number of hydrogen-bond donors (Lipinski definition) is 0. The van der Waals surface area contributed by atoms with Crippen LogP contribution in [0.15, 0.2) is 34.1 Å². The minimum Gasteiger partial charge on any atom is -0.279 e. The van der Waals surface area contributed by atoms with E-state index >= 15 is 0 Å². The monoisotopic (exact) mass is 278 g/mol. The first-order chi connectivity index (χ1) is 8.65. The van der Waals surface area contributed by atoms with E-state index in [0.29, 0.717) is 11.6 Å². The van der Waals surface area contributed by atoms with Crippen molar-refractivity contribution < 1.29 is 0 Å². The second-order valence-electron chi connectivity index (χ2n) is 4.31. The molecule has 1 unspecified atom stereocenters. The number of thiazole rings is 1. The van der Waals surface area contributed by atoms with Crippen LogP contribution in [0.4, 0.5) is 0 Å². The van der Waals surface area contributed by atoms with Crippen molar-refractivity contribution in [2.75, 3.05) is 6.54 Å². The Hall–Kier alpha value is -1.39. The molecule has 3 nitrogen and oxygen atoms in total. The molecule has 0 spiro atoms. The lowest BCUT2D eigenvalue weighted by atomic mass is 10.2. The second-order valence-corrected chi connectivity index (χ2v) is 5.76. The van der Waals surface area contributed by atoms with Gasteiger partial charge < -0.3 is 0 Å². The number of hydrogen-bond acceptors (Lipinski definition) is 3. The van der Waals surface area contributed by atoms with Crippen molar-refractivity contribution >= 4 is 29.0 Å². The maximum Gasteiger partial charge on any atom is 0.270 e. The van der Waals surface area contributed by atoms with Crippen LogP contribution < -0.4 is 14.9 Å². The highest BCUT2D eigenvalue weighted by Crippen LogP contribution is 2.10. The lowest BCUT2D eigenvalue weighted by molar-refractivity contribution is 0.584. The molecule has 0 fully saturated rings. The Labute approximate surface area is 113 Å². The van der Waals surface area contributed by atoms with E-state index < -0.39 is 0 Å². The van der Waals surface area contributed by atoms with Crippen LogP contribution in [0.5, 0.6) is 0 Å². The Bertz CT molecular complexity index is 758. The van der Waals surface area contributed by atoms with Gasteiger partial charge in [-0.15, -0.1) is 0 Å². The molecular formula is C13H11ClN2OS. The summed E-state index contributed by atoms with van der Waals surface area (Å²) in [7, 11) is 0. The van der Waals surface area contributed by atoms with Crippen LogP contribution in [0.1, 0.15) is 18.5 Å². The fourth-order valence-electron chi connectivity index (χ4n) is 1.99. The van der Waals surface area contributed by atoms with Crippen LogP contribution in [0, 0.1) is 0 Å². The van der Waals surface area contributed by atoms with Gasteiger partial charge >= 0.3 is 0 Å². The zero-order valence-electron chi connectivity index (χ0n) is 9.76. The van der Waals surface area contributed by atoms with Gasteiger partial charge in [0.2, 0.25) is 0 Å². The molecule has 1 atom stereocenters. The molecule has 92 valence electrons. The number of rotatable bonds is 1. The fraction of sp³-hybridized carbons (Fsp3) is 0.231. The van der Waals surface area contributed by atoms with Gasteiger partial charge in [-0.25, -0.2) is 0 Å². The minimum atomic E-state index is 0.0544. The zero-order valence-corrected chi connectivity index (χ0v) is 11.3. The van der Waals surface area contributed by atoms with Crippen LogP contribution in [-0.4, -0.2) is 11.1 Å². The number of aromatic nitrogens is 1. The molecule has 0 N–H and O–H groups in total. The third-order valence-electron chi connectivity index (χ3n) is 2.94. The number of fused-ring (bicyclic) bond motifs is 1. The molecule has 1 aromatic heterocycles. The maximum absolute atomic E-state index is 12.2. The first-order valence-electron chi connectivity index (χ1n) is 5.68. The SMILES string of the molecule is CC1CN=c2sc(=Cc3ccc(Cl)cc3)c(=O)n21. The van der Waals surface area contributed by atoms with E-state index in [2.05, 4.69) is 4.99 Å². The Balaban J connectivity index is 2.17. The average molecular weight is 279 g/mol. The van der Waals surface area contributed by atoms with Gasteiger partial charge in [0, 0.05) is 5.02 Å². The largest absolute Gasteiger partial charge is 0.279 e. The summed E-state index contributed by atoms with van der Waals surface area (Å²) in [5, 5.41) is 0.696. The van der Waals surface area contributed by atoms with E-state index in [1.165, 1.54) is 11.3 Å². The Morgan fingerprint density at radius 1 is 1.44 bits per heavy atom. The number of halogens is 1. The number of benzene rings is 1. The molecule has 0 saturated heterocycles. The van der Waals surface area contributed by atoms with Crippen LogP contribution in [-0.2, 0) is 0 Å². The molecule has 3 rings (SSSR count). The van der Waals surface area contributed by atoms with E-state index in [9.17, 15) is 4.79 Å². The lowest BCUT2D eigenvalue weighted by Crippen LogP contribution is -2.31. The summed E-state index contributed by atoms with van der Waals surface area (Å²) in [6.07, 6.45) is 1.89. The summed E-state index contributed by atoms with van der Waals surface area (Å²) in [5.74, 6) is 0. The van der Waals surface area contributed by atoms with Gasteiger partial charge in [-0.1, -0.05) is 35.1 Å². The van der Waals surface area contributed by atoms with Crippen molar-refractivity contribution in [3.63, 3.8) is 0 Å². The Kier molecular flexibility index (Phi) is 2.84. The summed E-state index contributed by atoms with van der Waals surface area (Å²) in [4.78, 5) is 17.4. The van der Waals surface area contributed by atoms with E-state index in [0.717, 1.165) is 14.9 Å². The quantitative estimate of drug-likeness (QED) is 0.780. The summed E-state index contributed by atoms with van der Waals surface area (Å²) < 4.78 is 2.49. The molecule has 0 amide bonds. The molecule has 2 aromatic rings. The van der Waals surface area contributed by atoms with Crippen molar-refractivity contribution in [1.29, 1.82) is 0 Å². The molecule has 2 heterocycles. The van der Waals surface area contributed by atoms with Crippen molar-refractivity contribution in [3.05, 3.63) is 54.5 Å². The van der Waals surface area contributed by atoms with Gasteiger partial charge in [-0.2, -0.15) is 0 Å². The summed E-state index contributed by atoms with van der Waals surface area (Å²) in [6.45, 7) is 2.72. The summed E-state index contributed by atoms with van der Waals surface area (Å²) in [6, 6.07) is 7.62. The van der Waals surface area contributed by atoms with Gasteiger partial charge in [0.15, 0.2) is 4.80 Å². The standard InChI is InChI=1S/C13H11ClN2OS/c1-8-7-15-13-16(8)12(17)11(18-13)6-9-2-4-10(14)5-3-9/h2-6,8H,7H2,1H3. The van der Waals surface area contributed by atoms with Crippen molar-refractivity contribution in [1.82, 2.24) is 4.57 Å². The molecule has 0 aliphatic carbocycles. The predicted molar refractivity (Wildman–Crippen MR) is 74.0 cm³/mol. The van der Waals surface area contributed by atoms with Crippen LogP contribution >= 0.6 is 22.9 Å². The number of nitrogens with zero attached hydrogens (tertiary/aromatic N) is 2. The highest BCUT2D eigenvalue weighted by molar-refractivity contribution is 7.07. The molecule has 1 aliphatic rings. The van der Waals surface area contributed by atoms with E-state index in [4.69, 9.17) is 11.6 Å². The third-order valence-corrected chi connectivity index (χ3v) is 4.21. The van der Waals surface area contributed by atoms with Gasteiger partial charge in [0.25, 0.3) is 5.56 Å². The normalized spacial score (nSPS) is 18.8. The van der Waals surface area contributed by atoms with E-state index in [1.54, 1.807) is 4.57 Å². The fourth-order valence-corrected chi connectivity index (χ4v) is 3.19. The van der Waals surface area contributed by atoms with E-state index in [1.807, 2.05) is 37.3 Å². The van der Waals surface area contributed by atoms with Crippen molar-refractivity contribution in [2.24, 2.45) is 4.99 Å². The topological polar surface area (TPSA) is 34.4 Å². The van der Waals surface area contributed by atoms with Crippen molar-refractivity contribution in [2.45, 2.75) is 13.0 Å². The minimum absolute atomic E-state index is 0.0544. The molecule has 18 heavy (non-hydrogen) atoms. The summed E-state index contributed by atoms with van der Waals surface area (Å²) >= 11 is 7.28. The zero-order chi connectivity index (χ0) is 12.7. The highest BCUT2D eigenvalue weighted by Gasteiger charge is 2.16. The molecule has 0 radical (unpaired) electrons. The highest BCUT2D eigenvalue weighted by atomic mass is 35.5. The molecule has 0 saturated carbocycles. The van der Waals surface area contributed by atoms with Crippen LogP contribution in [0.3, 0.4) is 0 Å². The van der Waals surface area contributed by atoms with Gasteiger partial charge in [0.1, 0.15) is 0 Å². The molecule has 1 aromatic carbocycles. The molecule has 1 aliphatic heterocycles. The summed E-state index contributed by atoms with van der Waals surface area (Å²) in [5.41, 5.74) is 1.03. The lowest BCUT2D eigenvalue weighted by Gasteiger charge is -2.00. The van der Waals surface area contributed by atoms with E-state index in [-0.39, 0.29) is 11.6 Å². The van der Waals surface area contributed by atoms with Crippen LogP contribution in [0.2, 0.25) is 5.02 Å². The van der Waals surface area contributed by atoms with Crippen LogP contribution in [0.25, 0.3) is 6.08 Å². The second kappa shape index (κ2) is 4.37. The Morgan fingerprint density at radius 3 is 2.83 bits per heavy atom. The van der Waals surface area contributed by atoms with Gasteiger partial charge in [-0.3, -0.25) is 14.4 Å². The predicted octanol–water partition coefficient (Wildman–Crippen LogP) is 1.59. The molecular weight excluding hydrogens is 268 g/mol. The Morgan fingerprint density at radius 2 is 2.17 bits per heavy atom. The third kappa shape index (κ3) is 1.91. The smallest absolute Gasteiger partial charge is 0.270 e. The van der Waals surface area contributed by atoms with Crippen molar-refractivity contribution in [3.8, 4) is 0 Å². The van der Waals surface area contributed by atoms with Gasteiger partial charge in [0.05, 0.1) is 17.1 Å². The first-order valence-corrected chi connectivity index (χ1v) is 6.88. The first kappa shape index (κ1) is 11.7. The van der Waals surface area contributed by atoms with Gasteiger partial charge in [-0.05, 0) is 30.7 Å². The molecule has 5 heteroatoms. The maximum atomic E-state index is 12.2. The molecule has 0 bridgehead atoms. The average Bonchev–Trinajstić information content (AvgIpc) is 2.85.